The Bertz CT molecular complexity index is 505. The van der Waals surface area contributed by atoms with E-state index in [-0.39, 0.29) is 0 Å². The van der Waals surface area contributed by atoms with Crippen LogP contribution in [0.4, 0.5) is 0 Å². The van der Waals surface area contributed by atoms with E-state index in [9.17, 15) is 9.59 Å². The van der Waals surface area contributed by atoms with Crippen LogP contribution in [0.25, 0.3) is 0 Å². The summed E-state index contributed by atoms with van der Waals surface area (Å²) in [7, 11) is 1.69. The number of aromatic amines is 1. The molecule has 18 heavy (non-hydrogen) atoms. The Morgan fingerprint density at radius 3 is 3.06 bits per heavy atom. The van der Waals surface area contributed by atoms with Crippen molar-refractivity contribution in [1.29, 1.82) is 0 Å². The number of piperidine rings is 1. The number of H-pyrrole nitrogens is 1. The molecule has 0 spiro atoms. The fourth-order valence-electron chi connectivity index (χ4n) is 2.08. The van der Waals surface area contributed by atoms with Crippen LogP contribution in [0.5, 0.6) is 0 Å². The molecule has 2 rings (SSSR count). The number of rotatable bonds is 4. The summed E-state index contributed by atoms with van der Waals surface area (Å²) in [5.74, 6) is 1.63. The monoisotopic (exact) mass is 270 g/mol. The summed E-state index contributed by atoms with van der Waals surface area (Å²) in [5, 5.41) is 6.40. The second kappa shape index (κ2) is 6.19. The van der Waals surface area contributed by atoms with Crippen molar-refractivity contribution in [2.45, 2.75) is 24.4 Å². The molecular weight excluding hydrogens is 252 g/mol. The Morgan fingerprint density at radius 1 is 1.50 bits per heavy atom. The molecule has 1 aliphatic rings. The van der Waals surface area contributed by atoms with Crippen LogP contribution in [-0.4, -0.2) is 33.6 Å². The average molecular weight is 270 g/mol. The molecule has 0 amide bonds. The zero-order chi connectivity index (χ0) is 13.0. The summed E-state index contributed by atoms with van der Waals surface area (Å²) in [4.78, 5) is 26.0. The van der Waals surface area contributed by atoms with Crippen molar-refractivity contribution >= 4 is 11.8 Å². The molecule has 1 atom stereocenters. The van der Waals surface area contributed by atoms with Gasteiger partial charge in [-0.15, -0.1) is 0 Å². The lowest BCUT2D eigenvalue weighted by molar-refractivity contribution is 0.371. The number of nitrogens with one attached hydrogen (secondary N) is 2. The third-order valence-corrected chi connectivity index (χ3v) is 4.17. The Labute approximate surface area is 109 Å². The molecule has 2 N–H and O–H groups in total. The fraction of sp³-hybridized carbons (Fsp3) is 0.727. The molecule has 0 aliphatic carbocycles. The van der Waals surface area contributed by atoms with Crippen LogP contribution in [0.2, 0.25) is 0 Å². The zero-order valence-electron chi connectivity index (χ0n) is 10.4. The first-order valence-corrected chi connectivity index (χ1v) is 7.16. The normalized spacial score (nSPS) is 19.9. The smallest absolute Gasteiger partial charge is 0.316 e. The van der Waals surface area contributed by atoms with Gasteiger partial charge in [-0.05, 0) is 38.3 Å². The standard InChI is InChI=1S/C11H18N4O2S/c1-15-11(13-9(16)10(17)14-15)18-6-4-8-3-2-5-12-7-8/h8,12H,2-7H2,1H3,(H,14,17). The van der Waals surface area contributed by atoms with Crippen LogP contribution in [0, 0.1) is 5.92 Å². The van der Waals surface area contributed by atoms with E-state index in [0.717, 1.165) is 25.3 Å². The van der Waals surface area contributed by atoms with Gasteiger partial charge in [0, 0.05) is 12.8 Å². The summed E-state index contributed by atoms with van der Waals surface area (Å²) < 4.78 is 1.51. The molecule has 1 fully saturated rings. The Balaban J connectivity index is 1.88. The SMILES string of the molecule is Cn1[nH]c(=O)c(=O)nc1SCCC1CCCNC1. The third-order valence-electron chi connectivity index (χ3n) is 3.10. The Morgan fingerprint density at radius 2 is 2.33 bits per heavy atom. The maximum absolute atomic E-state index is 11.2. The lowest BCUT2D eigenvalue weighted by Gasteiger charge is -2.22. The van der Waals surface area contributed by atoms with Crippen LogP contribution in [0.3, 0.4) is 0 Å². The lowest BCUT2D eigenvalue weighted by atomic mass is 9.97. The van der Waals surface area contributed by atoms with E-state index >= 15 is 0 Å². The predicted molar refractivity (Wildman–Crippen MR) is 71.0 cm³/mol. The van der Waals surface area contributed by atoms with E-state index in [2.05, 4.69) is 15.4 Å². The molecule has 1 aromatic rings. The zero-order valence-corrected chi connectivity index (χ0v) is 11.3. The molecular formula is C11H18N4O2S. The fourth-order valence-corrected chi connectivity index (χ4v) is 3.10. The van der Waals surface area contributed by atoms with Crippen molar-refractivity contribution < 1.29 is 0 Å². The lowest BCUT2D eigenvalue weighted by Crippen LogP contribution is -2.34. The summed E-state index contributed by atoms with van der Waals surface area (Å²) >= 11 is 1.52. The minimum atomic E-state index is -0.713. The van der Waals surface area contributed by atoms with E-state index in [4.69, 9.17) is 0 Å². The maximum atomic E-state index is 11.2. The Kier molecular flexibility index (Phi) is 4.60. The first-order chi connectivity index (χ1) is 8.66. The molecule has 0 radical (unpaired) electrons. The quantitative estimate of drug-likeness (QED) is 0.592. The molecule has 0 bridgehead atoms. The van der Waals surface area contributed by atoms with Crippen molar-refractivity contribution in [3.05, 3.63) is 20.7 Å². The molecule has 1 unspecified atom stereocenters. The molecule has 0 saturated carbocycles. The summed E-state index contributed by atoms with van der Waals surface area (Å²) in [6.45, 7) is 2.21. The topological polar surface area (TPSA) is 79.8 Å². The minimum absolute atomic E-state index is 0.573. The van der Waals surface area contributed by atoms with Gasteiger partial charge >= 0.3 is 11.1 Å². The van der Waals surface area contributed by atoms with E-state index in [0.29, 0.717) is 11.1 Å². The highest BCUT2D eigenvalue weighted by Crippen LogP contribution is 2.20. The highest BCUT2D eigenvalue weighted by atomic mass is 32.2. The molecule has 2 heterocycles. The first-order valence-electron chi connectivity index (χ1n) is 6.17. The largest absolute Gasteiger partial charge is 0.339 e. The van der Waals surface area contributed by atoms with Gasteiger partial charge in [0.25, 0.3) is 0 Å². The molecule has 7 heteroatoms. The number of aromatic nitrogens is 3. The van der Waals surface area contributed by atoms with E-state index in [1.165, 1.54) is 29.3 Å². The van der Waals surface area contributed by atoms with Gasteiger partial charge in [0.2, 0.25) is 0 Å². The number of thioether (sulfide) groups is 1. The van der Waals surface area contributed by atoms with Crippen LogP contribution < -0.4 is 16.4 Å². The highest BCUT2D eigenvalue weighted by molar-refractivity contribution is 7.99. The van der Waals surface area contributed by atoms with E-state index < -0.39 is 11.1 Å². The van der Waals surface area contributed by atoms with Gasteiger partial charge in [-0.2, -0.15) is 4.98 Å². The number of hydrogen-bond donors (Lipinski definition) is 2. The van der Waals surface area contributed by atoms with Crippen molar-refractivity contribution in [3.63, 3.8) is 0 Å². The van der Waals surface area contributed by atoms with Gasteiger partial charge in [0.1, 0.15) is 0 Å². The average Bonchev–Trinajstić information content (AvgIpc) is 2.37. The number of nitrogens with zero attached hydrogens (tertiary/aromatic N) is 2. The van der Waals surface area contributed by atoms with Crippen molar-refractivity contribution in [1.82, 2.24) is 20.1 Å². The minimum Gasteiger partial charge on any atom is -0.316 e. The van der Waals surface area contributed by atoms with Gasteiger partial charge in [-0.3, -0.25) is 19.4 Å². The van der Waals surface area contributed by atoms with Crippen LogP contribution >= 0.6 is 11.8 Å². The van der Waals surface area contributed by atoms with Crippen molar-refractivity contribution in [3.8, 4) is 0 Å². The highest BCUT2D eigenvalue weighted by Gasteiger charge is 2.13. The van der Waals surface area contributed by atoms with E-state index in [1.807, 2.05) is 0 Å². The second-order valence-corrected chi connectivity index (χ2v) is 5.61. The summed E-state index contributed by atoms with van der Waals surface area (Å²) in [5.41, 5.74) is -1.38. The summed E-state index contributed by atoms with van der Waals surface area (Å²) in [6, 6.07) is 0. The first kappa shape index (κ1) is 13.4. The van der Waals surface area contributed by atoms with Crippen LogP contribution in [0.15, 0.2) is 14.7 Å². The van der Waals surface area contributed by atoms with Crippen molar-refractivity contribution in [2.24, 2.45) is 13.0 Å². The van der Waals surface area contributed by atoms with Crippen LogP contribution in [-0.2, 0) is 7.05 Å². The van der Waals surface area contributed by atoms with Gasteiger partial charge in [-0.25, -0.2) is 0 Å². The number of hydrogen-bond acceptors (Lipinski definition) is 5. The summed E-state index contributed by atoms with van der Waals surface area (Å²) in [6.07, 6.45) is 3.61. The number of aryl methyl sites for hydroxylation is 1. The molecule has 0 aromatic carbocycles. The maximum Gasteiger partial charge on any atom is 0.339 e. The van der Waals surface area contributed by atoms with Crippen LogP contribution in [0.1, 0.15) is 19.3 Å². The van der Waals surface area contributed by atoms with Gasteiger partial charge in [-0.1, -0.05) is 11.8 Å². The Hall–Kier alpha value is -1.08. The second-order valence-electron chi connectivity index (χ2n) is 4.55. The van der Waals surface area contributed by atoms with Gasteiger partial charge in [0.15, 0.2) is 5.16 Å². The molecule has 1 saturated heterocycles. The molecule has 1 aliphatic heterocycles. The molecule has 6 nitrogen and oxygen atoms in total. The van der Waals surface area contributed by atoms with Gasteiger partial charge in [0.05, 0.1) is 0 Å². The van der Waals surface area contributed by atoms with Gasteiger partial charge < -0.3 is 5.32 Å². The molecule has 100 valence electrons. The third kappa shape index (κ3) is 3.46. The predicted octanol–water partition coefficient (Wildman–Crippen LogP) is -0.0496. The molecule has 1 aromatic heterocycles. The van der Waals surface area contributed by atoms with Crippen molar-refractivity contribution in [2.75, 3.05) is 18.8 Å². The van der Waals surface area contributed by atoms with E-state index in [1.54, 1.807) is 7.05 Å².